The van der Waals surface area contributed by atoms with Gasteiger partial charge in [0.1, 0.15) is 6.61 Å². The van der Waals surface area contributed by atoms with E-state index in [0.29, 0.717) is 10.7 Å². The van der Waals surface area contributed by atoms with Crippen LogP contribution < -0.4 is 0 Å². The number of hydrogen-bond donors (Lipinski definition) is 0. The lowest BCUT2D eigenvalue weighted by Crippen LogP contribution is -2.03. The molecular weight excluding hydrogens is 276 g/mol. The lowest BCUT2D eigenvalue weighted by atomic mass is 10.3. The topological polar surface area (TPSA) is 61.2 Å². The Morgan fingerprint density at radius 3 is 2.56 bits per heavy atom. The number of rotatable bonds is 4. The number of hydrogen-bond acceptors (Lipinski definition) is 4. The molecule has 0 N–H and O–H groups in total. The minimum Gasteiger partial charge on any atom is -0.264 e. The minimum atomic E-state index is -3.45. The van der Waals surface area contributed by atoms with Crippen molar-refractivity contribution < 1.29 is 12.6 Å². The molecule has 0 amide bonds. The summed E-state index contributed by atoms with van der Waals surface area (Å²) < 4.78 is 28.0. The van der Waals surface area contributed by atoms with Crippen molar-refractivity contribution in [1.82, 2.24) is 9.78 Å². The molecule has 0 bridgehead atoms. The van der Waals surface area contributed by atoms with E-state index in [9.17, 15) is 8.42 Å². The summed E-state index contributed by atoms with van der Waals surface area (Å²) in [4.78, 5) is 0. The van der Waals surface area contributed by atoms with Crippen LogP contribution in [0, 0.1) is 0 Å². The van der Waals surface area contributed by atoms with Gasteiger partial charge in [0, 0.05) is 11.2 Å². The van der Waals surface area contributed by atoms with Crippen molar-refractivity contribution in [2.24, 2.45) is 0 Å². The highest BCUT2D eigenvalue weighted by Crippen LogP contribution is 2.13. The van der Waals surface area contributed by atoms with E-state index in [2.05, 4.69) is 9.28 Å². The Hall–Kier alpha value is -1.37. The van der Waals surface area contributed by atoms with Gasteiger partial charge in [-0.05, 0) is 30.3 Å². The van der Waals surface area contributed by atoms with Crippen LogP contribution in [-0.2, 0) is 20.9 Å². The Morgan fingerprint density at radius 1 is 1.28 bits per heavy atom. The standard InChI is InChI=1S/C11H11ClN2O3S/c1-18(15,16)17-8-10-6-7-14(13-10)11-4-2-9(12)3-5-11/h2-7H,8H2,1H3. The predicted molar refractivity (Wildman–Crippen MR) is 68.2 cm³/mol. The van der Waals surface area contributed by atoms with Gasteiger partial charge in [0.05, 0.1) is 17.6 Å². The third-order valence-electron chi connectivity index (χ3n) is 2.16. The van der Waals surface area contributed by atoms with Crippen LogP contribution in [0.2, 0.25) is 5.02 Å². The van der Waals surface area contributed by atoms with Crippen LogP contribution in [0.25, 0.3) is 5.69 Å². The number of halogens is 1. The smallest absolute Gasteiger partial charge is 0.264 e. The van der Waals surface area contributed by atoms with Gasteiger partial charge in [0.2, 0.25) is 0 Å². The summed E-state index contributed by atoms with van der Waals surface area (Å²) in [6, 6.07) is 8.84. The largest absolute Gasteiger partial charge is 0.264 e. The van der Waals surface area contributed by atoms with Crippen molar-refractivity contribution in [3.63, 3.8) is 0 Å². The molecule has 0 aliphatic carbocycles. The zero-order valence-electron chi connectivity index (χ0n) is 9.58. The molecule has 0 saturated heterocycles. The van der Waals surface area contributed by atoms with Crippen molar-refractivity contribution in [1.29, 1.82) is 0 Å². The molecule has 0 aliphatic heterocycles. The molecule has 0 saturated carbocycles. The van der Waals surface area contributed by atoms with Crippen LogP contribution in [-0.4, -0.2) is 24.5 Å². The molecule has 2 rings (SSSR count). The molecule has 0 spiro atoms. The molecular formula is C11H11ClN2O3S. The first-order valence-electron chi connectivity index (χ1n) is 5.09. The van der Waals surface area contributed by atoms with Gasteiger partial charge in [-0.3, -0.25) is 4.18 Å². The fraction of sp³-hybridized carbons (Fsp3) is 0.182. The maximum absolute atomic E-state index is 10.8. The molecule has 1 heterocycles. The number of nitrogens with zero attached hydrogens (tertiary/aromatic N) is 2. The van der Waals surface area contributed by atoms with E-state index in [1.165, 1.54) is 0 Å². The van der Waals surface area contributed by atoms with E-state index in [0.717, 1.165) is 11.9 Å². The Morgan fingerprint density at radius 2 is 1.94 bits per heavy atom. The van der Waals surface area contributed by atoms with Crippen LogP contribution in [0.4, 0.5) is 0 Å². The van der Waals surface area contributed by atoms with Gasteiger partial charge < -0.3 is 0 Å². The molecule has 0 fully saturated rings. The Kier molecular flexibility index (Phi) is 3.70. The molecule has 7 heteroatoms. The summed E-state index contributed by atoms with van der Waals surface area (Å²) in [6.07, 6.45) is 2.73. The van der Waals surface area contributed by atoms with Crippen molar-refractivity contribution in [2.45, 2.75) is 6.61 Å². The van der Waals surface area contributed by atoms with Crippen LogP contribution in [0.15, 0.2) is 36.5 Å². The molecule has 1 aromatic heterocycles. The molecule has 0 unspecified atom stereocenters. The summed E-state index contributed by atoms with van der Waals surface area (Å²) in [5.41, 5.74) is 1.38. The summed E-state index contributed by atoms with van der Waals surface area (Å²) in [5, 5.41) is 4.84. The maximum Gasteiger partial charge on any atom is 0.264 e. The third-order valence-corrected chi connectivity index (χ3v) is 2.95. The molecule has 5 nitrogen and oxygen atoms in total. The normalized spacial score (nSPS) is 11.7. The van der Waals surface area contributed by atoms with E-state index >= 15 is 0 Å². The second-order valence-corrected chi connectivity index (χ2v) is 5.77. The van der Waals surface area contributed by atoms with Crippen molar-refractivity contribution in [3.05, 3.63) is 47.2 Å². The van der Waals surface area contributed by atoms with Gasteiger partial charge in [-0.1, -0.05) is 11.6 Å². The van der Waals surface area contributed by atoms with Gasteiger partial charge in [-0.15, -0.1) is 0 Å². The fourth-order valence-corrected chi connectivity index (χ4v) is 1.80. The summed E-state index contributed by atoms with van der Waals surface area (Å²) in [5.74, 6) is 0. The van der Waals surface area contributed by atoms with Crippen LogP contribution >= 0.6 is 11.6 Å². The summed E-state index contributed by atoms with van der Waals surface area (Å²) in [6.45, 7) is -0.0700. The average Bonchev–Trinajstić information content (AvgIpc) is 2.75. The molecule has 1 aromatic carbocycles. The molecule has 0 radical (unpaired) electrons. The zero-order valence-corrected chi connectivity index (χ0v) is 11.1. The summed E-state index contributed by atoms with van der Waals surface area (Å²) >= 11 is 5.79. The highest BCUT2D eigenvalue weighted by atomic mass is 35.5. The van der Waals surface area contributed by atoms with Crippen molar-refractivity contribution in [2.75, 3.05) is 6.26 Å². The van der Waals surface area contributed by atoms with Gasteiger partial charge in [0.15, 0.2) is 0 Å². The zero-order chi connectivity index (χ0) is 13.2. The molecule has 0 aliphatic rings. The van der Waals surface area contributed by atoms with Gasteiger partial charge >= 0.3 is 0 Å². The lowest BCUT2D eigenvalue weighted by molar-refractivity contribution is 0.306. The van der Waals surface area contributed by atoms with E-state index in [-0.39, 0.29) is 6.61 Å². The average molecular weight is 287 g/mol. The quantitative estimate of drug-likeness (QED) is 0.807. The van der Waals surface area contributed by atoms with Crippen molar-refractivity contribution >= 4 is 21.7 Å². The number of aromatic nitrogens is 2. The second-order valence-electron chi connectivity index (χ2n) is 3.69. The second kappa shape index (κ2) is 5.09. The van der Waals surface area contributed by atoms with Crippen LogP contribution in [0.3, 0.4) is 0 Å². The van der Waals surface area contributed by atoms with Crippen LogP contribution in [0.5, 0.6) is 0 Å². The van der Waals surface area contributed by atoms with Gasteiger partial charge in [-0.2, -0.15) is 13.5 Å². The lowest BCUT2D eigenvalue weighted by Gasteiger charge is -2.01. The first-order valence-corrected chi connectivity index (χ1v) is 7.28. The van der Waals surface area contributed by atoms with E-state index in [4.69, 9.17) is 11.6 Å². The Labute approximate surface area is 110 Å². The fourth-order valence-electron chi connectivity index (χ4n) is 1.34. The van der Waals surface area contributed by atoms with Gasteiger partial charge in [-0.25, -0.2) is 4.68 Å². The first kappa shape index (κ1) is 13.1. The van der Waals surface area contributed by atoms with E-state index < -0.39 is 10.1 Å². The SMILES string of the molecule is CS(=O)(=O)OCc1ccn(-c2ccc(Cl)cc2)n1. The summed E-state index contributed by atoms with van der Waals surface area (Å²) in [7, 11) is -3.45. The van der Waals surface area contributed by atoms with Crippen molar-refractivity contribution in [3.8, 4) is 5.69 Å². The number of benzene rings is 1. The Bertz CT molecular complexity index is 635. The van der Waals surface area contributed by atoms with E-state index in [1.54, 1.807) is 29.1 Å². The molecule has 18 heavy (non-hydrogen) atoms. The molecule has 0 atom stereocenters. The third kappa shape index (κ3) is 3.56. The Balaban J connectivity index is 2.13. The monoisotopic (exact) mass is 286 g/mol. The van der Waals surface area contributed by atoms with Gasteiger partial charge in [0.25, 0.3) is 10.1 Å². The predicted octanol–water partition coefficient (Wildman–Crippen LogP) is 2.00. The van der Waals surface area contributed by atoms with Crippen LogP contribution in [0.1, 0.15) is 5.69 Å². The molecule has 96 valence electrons. The first-order chi connectivity index (χ1) is 8.44. The minimum absolute atomic E-state index is 0.0700. The van der Waals surface area contributed by atoms with E-state index in [1.807, 2.05) is 12.1 Å². The molecule has 2 aromatic rings. The highest BCUT2D eigenvalue weighted by molar-refractivity contribution is 7.85. The maximum atomic E-state index is 10.8. The highest BCUT2D eigenvalue weighted by Gasteiger charge is 2.06.